The van der Waals surface area contributed by atoms with Gasteiger partial charge in [0.25, 0.3) is 0 Å². The van der Waals surface area contributed by atoms with Crippen molar-refractivity contribution in [2.75, 3.05) is 11.4 Å². The van der Waals surface area contributed by atoms with Gasteiger partial charge >= 0.3 is 10.2 Å². The van der Waals surface area contributed by atoms with E-state index in [1.165, 1.54) is 11.4 Å². The summed E-state index contributed by atoms with van der Waals surface area (Å²) in [5.41, 5.74) is 2.01. The summed E-state index contributed by atoms with van der Waals surface area (Å²) in [7, 11) is -2.44. The molecule has 0 aromatic heterocycles. The first-order valence-electron chi connectivity index (χ1n) is 6.52. The number of para-hydroxylation sites is 1. The van der Waals surface area contributed by atoms with Crippen molar-refractivity contribution in [3.8, 4) is 0 Å². The second-order valence-corrected chi connectivity index (χ2v) is 6.68. The standard InChI is InChI=1S/C15H13ClN2O3S/c1-21-15-13-4-2-3-5-14(13)18(22(19,20)17-15)10-11-6-8-12(16)9-7-11/h2-9H,10H2,1H3. The number of hydrogen-bond acceptors (Lipinski definition) is 3. The molecule has 0 fully saturated rings. The first-order chi connectivity index (χ1) is 10.5. The summed E-state index contributed by atoms with van der Waals surface area (Å²) in [5, 5.41) is 0.602. The highest BCUT2D eigenvalue weighted by atomic mass is 35.5. The molecule has 2 aromatic rings. The summed E-state index contributed by atoms with van der Waals surface area (Å²) in [6.07, 6.45) is 0. The van der Waals surface area contributed by atoms with Gasteiger partial charge in [-0.05, 0) is 29.8 Å². The third-order valence-corrected chi connectivity index (χ3v) is 4.84. The third-order valence-electron chi connectivity index (χ3n) is 3.31. The van der Waals surface area contributed by atoms with Crippen LogP contribution in [0.3, 0.4) is 0 Å². The van der Waals surface area contributed by atoms with Crippen molar-refractivity contribution in [3.63, 3.8) is 0 Å². The van der Waals surface area contributed by atoms with Gasteiger partial charge in [-0.15, -0.1) is 4.40 Å². The first kappa shape index (κ1) is 14.9. The van der Waals surface area contributed by atoms with Crippen molar-refractivity contribution in [3.05, 3.63) is 64.7 Å². The Morgan fingerprint density at radius 1 is 1.14 bits per heavy atom. The summed E-state index contributed by atoms with van der Waals surface area (Å²) >= 11 is 5.86. The van der Waals surface area contributed by atoms with E-state index >= 15 is 0 Å². The number of hydrogen-bond donors (Lipinski definition) is 0. The Kier molecular flexibility index (Phi) is 3.80. The van der Waals surface area contributed by atoms with Crippen molar-refractivity contribution in [1.29, 1.82) is 0 Å². The second kappa shape index (κ2) is 5.62. The van der Waals surface area contributed by atoms with Crippen LogP contribution in [-0.2, 0) is 21.5 Å². The van der Waals surface area contributed by atoms with E-state index in [0.29, 0.717) is 16.3 Å². The lowest BCUT2D eigenvalue weighted by Gasteiger charge is -2.28. The number of halogens is 1. The molecule has 1 aliphatic rings. The smallest absolute Gasteiger partial charge is 0.348 e. The maximum absolute atomic E-state index is 12.4. The largest absolute Gasteiger partial charge is 0.480 e. The molecule has 0 N–H and O–H groups in total. The summed E-state index contributed by atoms with van der Waals surface area (Å²) in [6, 6.07) is 14.1. The molecule has 22 heavy (non-hydrogen) atoms. The monoisotopic (exact) mass is 336 g/mol. The van der Waals surface area contributed by atoms with Gasteiger partial charge in [-0.1, -0.05) is 35.9 Å². The molecule has 3 rings (SSSR count). The van der Waals surface area contributed by atoms with Crippen molar-refractivity contribution < 1.29 is 13.2 Å². The van der Waals surface area contributed by atoms with Crippen LogP contribution in [0.25, 0.3) is 0 Å². The summed E-state index contributed by atoms with van der Waals surface area (Å²) in [5.74, 6) is 0.1000. The lowest BCUT2D eigenvalue weighted by Crippen LogP contribution is -2.34. The molecule has 0 aliphatic carbocycles. The van der Waals surface area contributed by atoms with Gasteiger partial charge in [0.1, 0.15) is 0 Å². The van der Waals surface area contributed by atoms with E-state index in [4.69, 9.17) is 16.3 Å². The Hall–Kier alpha value is -2.05. The van der Waals surface area contributed by atoms with Gasteiger partial charge in [-0.3, -0.25) is 0 Å². The Labute approximate surface area is 134 Å². The summed E-state index contributed by atoms with van der Waals surface area (Å²) in [4.78, 5) is 0. The van der Waals surface area contributed by atoms with Crippen LogP contribution in [0.2, 0.25) is 5.02 Å². The van der Waals surface area contributed by atoms with E-state index in [2.05, 4.69) is 4.40 Å². The van der Waals surface area contributed by atoms with E-state index in [0.717, 1.165) is 5.56 Å². The van der Waals surface area contributed by atoms with E-state index < -0.39 is 10.2 Å². The van der Waals surface area contributed by atoms with Gasteiger partial charge in [0, 0.05) is 5.02 Å². The minimum absolute atomic E-state index is 0.1000. The molecule has 0 radical (unpaired) electrons. The summed E-state index contributed by atoms with van der Waals surface area (Å²) in [6.45, 7) is 0.178. The summed E-state index contributed by atoms with van der Waals surface area (Å²) < 4.78 is 34.9. The maximum atomic E-state index is 12.4. The van der Waals surface area contributed by atoms with Crippen LogP contribution in [0.5, 0.6) is 0 Å². The Balaban J connectivity index is 2.07. The molecule has 0 spiro atoms. The first-order valence-corrected chi connectivity index (χ1v) is 8.29. The minimum Gasteiger partial charge on any atom is -0.480 e. The Morgan fingerprint density at radius 3 is 2.50 bits per heavy atom. The number of anilines is 1. The van der Waals surface area contributed by atoms with Gasteiger partial charge in [-0.25, -0.2) is 4.31 Å². The molecule has 0 amide bonds. The lowest BCUT2D eigenvalue weighted by atomic mass is 10.1. The van der Waals surface area contributed by atoms with Crippen molar-refractivity contribution >= 4 is 33.4 Å². The number of benzene rings is 2. The average Bonchev–Trinajstić information content (AvgIpc) is 2.51. The normalized spacial score (nSPS) is 15.9. The molecule has 0 unspecified atom stereocenters. The highest BCUT2D eigenvalue weighted by Crippen LogP contribution is 2.31. The highest BCUT2D eigenvalue weighted by Gasteiger charge is 2.31. The molecule has 0 saturated heterocycles. The predicted molar refractivity (Wildman–Crippen MR) is 86.5 cm³/mol. The quantitative estimate of drug-likeness (QED) is 0.847. The van der Waals surface area contributed by atoms with Crippen LogP contribution >= 0.6 is 11.6 Å². The van der Waals surface area contributed by atoms with Crippen LogP contribution in [0.15, 0.2) is 52.9 Å². The number of rotatable bonds is 2. The van der Waals surface area contributed by atoms with Gasteiger partial charge in [0.2, 0.25) is 5.90 Å². The molecule has 0 atom stereocenters. The number of fused-ring (bicyclic) bond motifs is 1. The van der Waals surface area contributed by atoms with Crippen LogP contribution < -0.4 is 4.31 Å². The van der Waals surface area contributed by atoms with E-state index in [-0.39, 0.29) is 12.4 Å². The van der Waals surface area contributed by atoms with Gasteiger partial charge in [0.15, 0.2) is 0 Å². The molecular formula is C15H13ClN2O3S. The van der Waals surface area contributed by atoms with Crippen molar-refractivity contribution in [2.24, 2.45) is 4.40 Å². The van der Waals surface area contributed by atoms with E-state index in [9.17, 15) is 8.42 Å². The lowest BCUT2D eigenvalue weighted by molar-refractivity contribution is 0.405. The fourth-order valence-electron chi connectivity index (χ4n) is 2.27. The van der Waals surface area contributed by atoms with Crippen molar-refractivity contribution in [1.82, 2.24) is 0 Å². The molecule has 1 aliphatic heterocycles. The van der Waals surface area contributed by atoms with Crippen LogP contribution in [0.1, 0.15) is 11.1 Å². The molecule has 1 heterocycles. The molecule has 5 nitrogen and oxygen atoms in total. The van der Waals surface area contributed by atoms with Crippen LogP contribution in [0.4, 0.5) is 5.69 Å². The molecule has 0 bridgehead atoms. The fraction of sp³-hybridized carbons (Fsp3) is 0.133. The molecule has 2 aromatic carbocycles. The Morgan fingerprint density at radius 2 is 1.82 bits per heavy atom. The second-order valence-electron chi connectivity index (χ2n) is 4.73. The predicted octanol–water partition coefficient (Wildman–Crippen LogP) is 3.00. The number of ether oxygens (including phenoxy) is 1. The molecular weight excluding hydrogens is 324 g/mol. The van der Waals surface area contributed by atoms with Gasteiger partial charge in [0.05, 0.1) is 24.9 Å². The van der Waals surface area contributed by atoms with Gasteiger partial charge < -0.3 is 4.74 Å². The molecule has 0 saturated carbocycles. The average molecular weight is 337 g/mol. The SMILES string of the molecule is COC1=NS(=O)(=O)N(Cc2ccc(Cl)cc2)c2ccccc21. The zero-order valence-electron chi connectivity index (χ0n) is 11.7. The zero-order valence-corrected chi connectivity index (χ0v) is 13.3. The van der Waals surface area contributed by atoms with E-state index in [1.54, 1.807) is 42.5 Å². The van der Waals surface area contributed by atoms with Crippen molar-refractivity contribution in [2.45, 2.75) is 6.54 Å². The van der Waals surface area contributed by atoms with E-state index in [1.807, 2.05) is 6.07 Å². The third kappa shape index (κ3) is 2.67. The Bertz CT molecular complexity index is 832. The topological polar surface area (TPSA) is 59.0 Å². The zero-order chi connectivity index (χ0) is 15.7. The maximum Gasteiger partial charge on any atom is 0.348 e. The van der Waals surface area contributed by atoms with Crippen LogP contribution in [0, 0.1) is 0 Å². The number of nitrogens with zero attached hydrogens (tertiary/aromatic N) is 2. The highest BCUT2D eigenvalue weighted by molar-refractivity contribution is 7.91. The number of methoxy groups -OCH3 is 1. The van der Waals surface area contributed by atoms with Crippen LogP contribution in [-0.4, -0.2) is 21.4 Å². The molecule has 114 valence electrons. The minimum atomic E-state index is -3.84. The fourth-order valence-corrected chi connectivity index (χ4v) is 3.60. The van der Waals surface area contributed by atoms with Gasteiger partial charge in [-0.2, -0.15) is 8.42 Å². The molecule has 7 heteroatoms.